The molecule has 0 saturated carbocycles. The molecule has 0 aliphatic rings. The van der Waals surface area contributed by atoms with Crippen LogP contribution in [0.25, 0.3) is 0 Å². The second kappa shape index (κ2) is 6.55. The second-order valence-corrected chi connectivity index (χ2v) is 3.46. The first kappa shape index (κ1) is 13.9. The van der Waals surface area contributed by atoms with Crippen LogP contribution in [0.1, 0.15) is 0 Å². The Labute approximate surface area is 103 Å². The molecule has 0 aliphatic carbocycles. The van der Waals surface area contributed by atoms with Crippen molar-refractivity contribution in [3.05, 3.63) is 30.1 Å². The molecule has 0 fully saturated rings. The second-order valence-electron chi connectivity index (χ2n) is 3.46. The maximum absolute atomic E-state index is 12.6. The summed E-state index contributed by atoms with van der Waals surface area (Å²) in [6.45, 7) is -0.585. The van der Waals surface area contributed by atoms with E-state index in [1.807, 2.05) is 0 Å². The minimum Gasteiger partial charge on any atom is -0.484 e. The summed E-state index contributed by atoms with van der Waals surface area (Å²) in [5, 5.41) is 11.3. The number of carbonyl (C=O) groups excluding carboxylic acids is 2. The number of amides is 2. The zero-order valence-corrected chi connectivity index (χ0v) is 9.43. The van der Waals surface area contributed by atoms with Gasteiger partial charge in [0, 0.05) is 0 Å². The van der Waals surface area contributed by atoms with Gasteiger partial charge in [-0.15, -0.1) is 0 Å². The van der Waals surface area contributed by atoms with Crippen LogP contribution >= 0.6 is 0 Å². The summed E-state index contributed by atoms with van der Waals surface area (Å²) in [4.78, 5) is 21.7. The molecule has 0 heterocycles. The molecule has 6 nitrogen and oxygen atoms in total. The Kier molecular flexibility index (Phi) is 5.06. The number of halogens is 1. The molecule has 0 bridgehead atoms. The standard InChI is InChI=1S/C11H13FN2O4/c12-7-1-3-8(4-2-7)18-6-10(16)14-5-9(15)11(13)17/h1-4,9,15H,5-6H2,(H2,13,17)(H,14,16). The molecule has 0 saturated heterocycles. The van der Waals surface area contributed by atoms with Gasteiger partial charge in [-0.2, -0.15) is 0 Å². The van der Waals surface area contributed by atoms with Gasteiger partial charge in [-0.25, -0.2) is 4.39 Å². The summed E-state index contributed by atoms with van der Waals surface area (Å²) in [5.74, 6) is -1.52. The van der Waals surface area contributed by atoms with Gasteiger partial charge in [-0.3, -0.25) is 9.59 Å². The number of primary amides is 1. The first-order chi connectivity index (χ1) is 8.49. The van der Waals surface area contributed by atoms with E-state index in [1.54, 1.807) is 0 Å². The summed E-state index contributed by atoms with van der Waals surface area (Å²) in [6, 6.07) is 5.15. The highest BCUT2D eigenvalue weighted by Crippen LogP contribution is 2.10. The van der Waals surface area contributed by atoms with E-state index < -0.39 is 23.7 Å². The highest BCUT2D eigenvalue weighted by atomic mass is 19.1. The van der Waals surface area contributed by atoms with Gasteiger partial charge in [-0.1, -0.05) is 0 Å². The molecule has 1 aromatic carbocycles. The van der Waals surface area contributed by atoms with Crippen LogP contribution in [0.2, 0.25) is 0 Å². The van der Waals surface area contributed by atoms with Gasteiger partial charge < -0.3 is 20.9 Å². The zero-order chi connectivity index (χ0) is 13.5. The molecule has 0 aliphatic heterocycles. The highest BCUT2D eigenvalue weighted by molar-refractivity contribution is 5.81. The predicted octanol–water partition coefficient (Wildman–Crippen LogP) is -0.833. The van der Waals surface area contributed by atoms with Crippen LogP contribution in [0.4, 0.5) is 4.39 Å². The normalized spacial score (nSPS) is 11.7. The van der Waals surface area contributed by atoms with Gasteiger partial charge in [0.15, 0.2) is 6.61 Å². The summed E-state index contributed by atoms with van der Waals surface area (Å²) in [5.41, 5.74) is 4.79. The van der Waals surface area contributed by atoms with E-state index in [1.165, 1.54) is 24.3 Å². The van der Waals surface area contributed by atoms with Crippen LogP contribution in [0.3, 0.4) is 0 Å². The van der Waals surface area contributed by atoms with Gasteiger partial charge in [0.25, 0.3) is 5.91 Å². The van der Waals surface area contributed by atoms with Gasteiger partial charge >= 0.3 is 0 Å². The van der Waals surface area contributed by atoms with Crippen molar-refractivity contribution in [3.63, 3.8) is 0 Å². The molecular formula is C11H13FN2O4. The lowest BCUT2D eigenvalue weighted by atomic mass is 10.3. The third kappa shape index (κ3) is 4.79. The van der Waals surface area contributed by atoms with Crippen molar-refractivity contribution < 1.29 is 23.8 Å². The van der Waals surface area contributed by atoms with E-state index in [2.05, 4.69) is 5.32 Å². The monoisotopic (exact) mass is 256 g/mol. The molecule has 98 valence electrons. The number of ether oxygens (including phenoxy) is 1. The third-order valence-electron chi connectivity index (χ3n) is 2.00. The molecule has 0 spiro atoms. The Bertz CT molecular complexity index is 422. The van der Waals surface area contributed by atoms with Crippen molar-refractivity contribution in [1.29, 1.82) is 0 Å². The summed E-state index contributed by atoms with van der Waals surface area (Å²) >= 11 is 0. The minimum absolute atomic E-state index is 0.277. The van der Waals surface area contributed by atoms with Gasteiger partial charge in [0.1, 0.15) is 17.7 Å². The van der Waals surface area contributed by atoms with Crippen LogP contribution in [0.15, 0.2) is 24.3 Å². The molecule has 0 aromatic heterocycles. The van der Waals surface area contributed by atoms with E-state index in [4.69, 9.17) is 15.6 Å². The fourth-order valence-corrected chi connectivity index (χ4v) is 1.04. The molecule has 18 heavy (non-hydrogen) atoms. The van der Waals surface area contributed by atoms with Gasteiger partial charge in [0.05, 0.1) is 6.54 Å². The van der Waals surface area contributed by atoms with Crippen molar-refractivity contribution in [2.45, 2.75) is 6.10 Å². The highest BCUT2D eigenvalue weighted by Gasteiger charge is 2.12. The number of hydrogen-bond acceptors (Lipinski definition) is 4. The first-order valence-electron chi connectivity index (χ1n) is 5.11. The van der Waals surface area contributed by atoms with Crippen LogP contribution < -0.4 is 15.8 Å². The van der Waals surface area contributed by atoms with Gasteiger partial charge in [0.2, 0.25) is 5.91 Å². The summed E-state index contributed by atoms with van der Waals surface area (Å²) in [7, 11) is 0. The minimum atomic E-state index is -1.43. The van der Waals surface area contributed by atoms with Crippen molar-refractivity contribution in [1.82, 2.24) is 5.32 Å². The molecule has 1 atom stereocenters. The Morgan fingerprint density at radius 1 is 1.39 bits per heavy atom. The average molecular weight is 256 g/mol. The quantitative estimate of drug-likeness (QED) is 0.618. The fraction of sp³-hybridized carbons (Fsp3) is 0.273. The molecule has 2 amide bonds. The van der Waals surface area contributed by atoms with Crippen molar-refractivity contribution in [2.75, 3.05) is 13.2 Å². The van der Waals surface area contributed by atoms with Crippen LogP contribution in [-0.2, 0) is 9.59 Å². The maximum Gasteiger partial charge on any atom is 0.258 e. The van der Waals surface area contributed by atoms with Crippen LogP contribution in [0, 0.1) is 5.82 Å². The summed E-state index contributed by atoms with van der Waals surface area (Å²) < 4.78 is 17.6. The average Bonchev–Trinajstić information content (AvgIpc) is 2.35. The maximum atomic E-state index is 12.6. The lowest BCUT2D eigenvalue weighted by molar-refractivity contribution is -0.127. The van der Waals surface area contributed by atoms with E-state index in [-0.39, 0.29) is 13.2 Å². The number of benzene rings is 1. The molecule has 0 radical (unpaired) electrons. The Balaban J connectivity index is 2.29. The van der Waals surface area contributed by atoms with Crippen molar-refractivity contribution in [3.8, 4) is 5.75 Å². The number of aliphatic hydroxyl groups is 1. The number of hydrogen-bond donors (Lipinski definition) is 3. The van der Waals surface area contributed by atoms with Crippen molar-refractivity contribution >= 4 is 11.8 Å². The molecule has 1 unspecified atom stereocenters. The number of aliphatic hydroxyl groups excluding tert-OH is 1. The topological polar surface area (TPSA) is 102 Å². The molecule has 4 N–H and O–H groups in total. The predicted molar refractivity (Wildman–Crippen MR) is 60.1 cm³/mol. The lowest BCUT2D eigenvalue weighted by Crippen LogP contribution is -2.41. The number of carbonyl (C=O) groups is 2. The Hall–Kier alpha value is -2.15. The SMILES string of the molecule is NC(=O)C(O)CNC(=O)COc1ccc(F)cc1. The molecule has 1 aromatic rings. The Morgan fingerprint density at radius 3 is 2.56 bits per heavy atom. The van der Waals surface area contributed by atoms with E-state index in [0.717, 1.165) is 0 Å². The fourth-order valence-electron chi connectivity index (χ4n) is 1.04. The smallest absolute Gasteiger partial charge is 0.258 e. The van der Waals surface area contributed by atoms with E-state index in [9.17, 15) is 14.0 Å². The summed E-state index contributed by atoms with van der Waals surface area (Å²) in [6.07, 6.45) is -1.43. The Morgan fingerprint density at radius 2 is 2.00 bits per heavy atom. The largest absolute Gasteiger partial charge is 0.484 e. The van der Waals surface area contributed by atoms with Crippen LogP contribution in [-0.4, -0.2) is 36.2 Å². The number of rotatable bonds is 6. The third-order valence-corrected chi connectivity index (χ3v) is 2.00. The zero-order valence-electron chi connectivity index (χ0n) is 9.43. The first-order valence-corrected chi connectivity index (χ1v) is 5.11. The number of nitrogens with two attached hydrogens (primary N) is 1. The van der Waals surface area contributed by atoms with Gasteiger partial charge in [-0.05, 0) is 24.3 Å². The molecular weight excluding hydrogens is 243 g/mol. The number of nitrogens with one attached hydrogen (secondary N) is 1. The van der Waals surface area contributed by atoms with E-state index in [0.29, 0.717) is 5.75 Å². The van der Waals surface area contributed by atoms with Crippen LogP contribution in [0.5, 0.6) is 5.75 Å². The van der Waals surface area contributed by atoms with E-state index >= 15 is 0 Å². The molecule has 1 rings (SSSR count). The lowest BCUT2D eigenvalue weighted by Gasteiger charge is -2.09. The van der Waals surface area contributed by atoms with Crippen molar-refractivity contribution in [2.24, 2.45) is 5.73 Å². The molecule has 7 heteroatoms.